The second-order valence-electron chi connectivity index (χ2n) is 4.91. The monoisotopic (exact) mass is 422 g/mol. The highest BCUT2D eigenvalue weighted by molar-refractivity contribution is 14.0. The Kier molecular flexibility index (Phi) is 12.1. The van der Waals surface area contributed by atoms with E-state index in [9.17, 15) is 4.39 Å². The number of halogens is 2. The summed E-state index contributed by atoms with van der Waals surface area (Å²) in [5.41, 5.74) is 1.03. The van der Waals surface area contributed by atoms with Crippen molar-refractivity contribution in [3.05, 3.63) is 35.6 Å². The highest BCUT2D eigenvalue weighted by Crippen LogP contribution is 2.01. The molecule has 0 unspecified atom stereocenters. The largest absolute Gasteiger partial charge is 0.355 e. The maximum absolute atomic E-state index is 12.8. The maximum Gasteiger partial charge on any atom is 0.191 e. The van der Waals surface area contributed by atoms with Crippen molar-refractivity contribution >= 4 is 29.9 Å². The number of likely N-dealkylation sites (N-methyl/N-ethyl adjacent to an activating group) is 1. The van der Waals surface area contributed by atoms with Crippen molar-refractivity contribution in [1.82, 2.24) is 15.5 Å². The Morgan fingerprint density at radius 3 is 2.36 bits per heavy atom. The van der Waals surface area contributed by atoms with Crippen LogP contribution in [0.4, 0.5) is 4.39 Å². The lowest BCUT2D eigenvalue weighted by Crippen LogP contribution is -2.41. The zero-order valence-corrected chi connectivity index (χ0v) is 16.1. The summed E-state index contributed by atoms with van der Waals surface area (Å²) in [5, 5.41) is 6.52. The molecule has 126 valence electrons. The van der Waals surface area contributed by atoms with E-state index in [4.69, 9.17) is 0 Å². The number of guanidine groups is 1. The Morgan fingerprint density at radius 1 is 1.14 bits per heavy atom. The first kappa shape index (κ1) is 21.1. The Morgan fingerprint density at radius 2 is 1.82 bits per heavy atom. The average Bonchev–Trinajstić information content (AvgIpc) is 2.51. The van der Waals surface area contributed by atoms with E-state index in [0.717, 1.165) is 37.7 Å². The molecule has 1 rings (SSSR count). The predicted molar refractivity (Wildman–Crippen MR) is 102 cm³/mol. The SMILES string of the molecule is CCCN(CC)CCNC(=NC)NCc1ccc(F)cc1.I. The quantitative estimate of drug-likeness (QED) is 0.385. The minimum atomic E-state index is -0.211. The third kappa shape index (κ3) is 8.53. The fourth-order valence-corrected chi connectivity index (χ4v) is 2.09. The second kappa shape index (κ2) is 12.6. The molecule has 0 bridgehead atoms. The smallest absolute Gasteiger partial charge is 0.191 e. The van der Waals surface area contributed by atoms with Crippen molar-refractivity contribution in [3.8, 4) is 0 Å². The first-order valence-electron chi connectivity index (χ1n) is 7.60. The van der Waals surface area contributed by atoms with Gasteiger partial charge < -0.3 is 15.5 Å². The second-order valence-corrected chi connectivity index (χ2v) is 4.91. The molecule has 0 spiro atoms. The van der Waals surface area contributed by atoms with Crippen LogP contribution >= 0.6 is 24.0 Å². The molecular weight excluding hydrogens is 394 g/mol. The predicted octanol–water partition coefficient (Wildman–Crippen LogP) is 2.84. The maximum atomic E-state index is 12.8. The molecule has 0 aliphatic rings. The van der Waals surface area contributed by atoms with Crippen molar-refractivity contribution in [2.45, 2.75) is 26.8 Å². The van der Waals surface area contributed by atoms with Gasteiger partial charge in [-0.05, 0) is 37.2 Å². The number of hydrogen-bond acceptors (Lipinski definition) is 2. The van der Waals surface area contributed by atoms with E-state index in [1.54, 1.807) is 19.2 Å². The van der Waals surface area contributed by atoms with Gasteiger partial charge >= 0.3 is 0 Å². The molecule has 0 saturated heterocycles. The Balaban J connectivity index is 0.00000441. The minimum Gasteiger partial charge on any atom is -0.355 e. The zero-order chi connectivity index (χ0) is 15.5. The lowest BCUT2D eigenvalue weighted by molar-refractivity contribution is 0.293. The molecular formula is C16H28FIN4. The molecule has 22 heavy (non-hydrogen) atoms. The summed E-state index contributed by atoms with van der Waals surface area (Å²) in [6.07, 6.45) is 1.17. The van der Waals surface area contributed by atoms with E-state index < -0.39 is 0 Å². The standard InChI is InChI=1S/C16H27FN4.HI/c1-4-11-21(5-2)12-10-19-16(18-3)20-13-14-6-8-15(17)9-7-14;/h6-9H,4-5,10-13H2,1-3H3,(H2,18,19,20);1H. The van der Waals surface area contributed by atoms with E-state index >= 15 is 0 Å². The van der Waals surface area contributed by atoms with Gasteiger partial charge in [0.1, 0.15) is 5.82 Å². The summed E-state index contributed by atoms with van der Waals surface area (Å²) >= 11 is 0. The molecule has 6 heteroatoms. The summed E-state index contributed by atoms with van der Waals surface area (Å²) in [7, 11) is 1.75. The highest BCUT2D eigenvalue weighted by atomic mass is 127. The zero-order valence-electron chi connectivity index (χ0n) is 13.7. The molecule has 0 atom stereocenters. The van der Waals surface area contributed by atoms with Gasteiger partial charge in [0, 0.05) is 26.7 Å². The van der Waals surface area contributed by atoms with Crippen LogP contribution in [0.3, 0.4) is 0 Å². The molecule has 0 aliphatic carbocycles. The molecule has 0 saturated carbocycles. The summed E-state index contributed by atoms with van der Waals surface area (Å²) < 4.78 is 12.8. The fourth-order valence-electron chi connectivity index (χ4n) is 2.09. The lowest BCUT2D eigenvalue weighted by atomic mass is 10.2. The molecule has 0 amide bonds. The van der Waals surface area contributed by atoms with Gasteiger partial charge in [0.25, 0.3) is 0 Å². The van der Waals surface area contributed by atoms with E-state index in [1.807, 2.05) is 0 Å². The first-order chi connectivity index (χ1) is 10.2. The normalized spacial score (nSPS) is 11.2. The fraction of sp³-hybridized carbons (Fsp3) is 0.562. The van der Waals surface area contributed by atoms with Gasteiger partial charge in [-0.3, -0.25) is 4.99 Å². The van der Waals surface area contributed by atoms with E-state index in [2.05, 4.69) is 34.4 Å². The van der Waals surface area contributed by atoms with E-state index in [-0.39, 0.29) is 29.8 Å². The third-order valence-electron chi connectivity index (χ3n) is 3.30. The lowest BCUT2D eigenvalue weighted by Gasteiger charge is -2.20. The molecule has 0 aromatic heterocycles. The van der Waals surface area contributed by atoms with Gasteiger partial charge in [0.05, 0.1) is 0 Å². The summed E-state index contributed by atoms with van der Waals surface area (Å²) in [4.78, 5) is 6.59. The van der Waals surface area contributed by atoms with Crippen LogP contribution in [0.25, 0.3) is 0 Å². The molecule has 0 radical (unpaired) electrons. The number of nitrogens with zero attached hydrogens (tertiary/aromatic N) is 2. The van der Waals surface area contributed by atoms with Crippen LogP contribution in [0.15, 0.2) is 29.3 Å². The van der Waals surface area contributed by atoms with Crippen molar-refractivity contribution in [1.29, 1.82) is 0 Å². The summed E-state index contributed by atoms with van der Waals surface area (Å²) in [6, 6.07) is 6.49. The van der Waals surface area contributed by atoms with Crippen LogP contribution < -0.4 is 10.6 Å². The van der Waals surface area contributed by atoms with Crippen molar-refractivity contribution in [3.63, 3.8) is 0 Å². The summed E-state index contributed by atoms with van der Waals surface area (Å²) in [6.45, 7) is 9.05. The first-order valence-corrected chi connectivity index (χ1v) is 7.60. The number of hydrogen-bond donors (Lipinski definition) is 2. The molecule has 1 aromatic carbocycles. The van der Waals surface area contributed by atoms with Gasteiger partial charge in [0.15, 0.2) is 5.96 Å². The topological polar surface area (TPSA) is 39.7 Å². The molecule has 0 heterocycles. The van der Waals surface area contributed by atoms with Gasteiger partial charge in [-0.25, -0.2) is 4.39 Å². The number of nitrogens with one attached hydrogen (secondary N) is 2. The summed E-state index contributed by atoms with van der Waals surface area (Å²) in [5.74, 6) is 0.559. The van der Waals surface area contributed by atoms with Gasteiger partial charge in [-0.2, -0.15) is 0 Å². The highest BCUT2D eigenvalue weighted by Gasteiger charge is 2.02. The van der Waals surface area contributed by atoms with E-state index in [1.165, 1.54) is 18.6 Å². The molecule has 1 aromatic rings. The molecule has 0 aliphatic heterocycles. The number of benzene rings is 1. The van der Waals surface area contributed by atoms with Crippen LogP contribution in [-0.2, 0) is 6.54 Å². The van der Waals surface area contributed by atoms with Crippen LogP contribution in [0.1, 0.15) is 25.8 Å². The third-order valence-corrected chi connectivity index (χ3v) is 3.30. The van der Waals surface area contributed by atoms with Crippen molar-refractivity contribution in [2.24, 2.45) is 4.99 Å². The van der Waals surface area contributed by atoms with Crippen molar-refractivity contribution in [2.75, 3.05) is 33.2 Å². The molecule has 0 fully saturated rings. The van der Waals surface area contributed by atoms with Crippen molar-refractivity contribution < 1.29 is 4.39 Å². The average molecular weight is 422 g/mol. The molecule has 4 nitrogen and oxygen atoms in total. The minimum absolute atomic E-state index is 0. The van der Waals surface area contributed by atoms with E-state index in [0.29, 0.717) is 6.54 Å². The van der Waals surface area contributed by atoms with Gasteiger partial charge in [-0.15, -0.1) is 24.0 Å². The Bertz CT molecular complexity index is 423. The van der Waals surface area contributed by atoms with Crippen LogP contribution in [0.2, 0.25) is 0 Å². The Hall–Kier alpha value is -0.890. The number of aliphatic imine (C=N–C) groups is 1. The Labute approximate surface area is 150 Å². The number of rotatable bonds is 8. The van der Waals surface area contributed by atoms with Crippen LogP contribution in [0, 0.1) is 5.82 Å². The van der Waals surface area contributed by atoms with Crippen LogP contribution in [-0.4, -0.2) is 44.1 Å². The molecule has 2 N–H and O–H groups in total. The van der Waals surface area contributed by atoms with Gasteiger partial charge in [-0.1, -0.05) is 26.0 Å². The van der Waals surface area contributed by atoms with Crippen LogP contribution in [0.5, 0.6) is 0 Å². The van der Waals surface area contributed by atoms with Gasteiger partial charge in [0.2, 0.25) is 0 Å².